The van der Waals surface area contributed by atoms with Crippen molar-refractivity contribution >= 4 is 34.1 Å². The number of carbonyl (C=O) groups excluding carboxylic acids is 1. The van der Waals surface area contributed by atoms with Gasteiger partial charge in [0.15, 0.2) is 5.13 Å². The molecule has 1 aliphatic heterocycles. The molecule has 4 nitrogen and oxygen atoms in total. The summed E-state index contributed by atoms with van der Waals surface area (Å²) in [6, 6.07) is 0.258. The number of nitrogen functional groups attached to an aromatic ring is 1. The van der Waals surface area contributed by atoms with Gasteiger partial charge in [-0.15, -0.1) is 11.3 Å². The van der Waals surface area contributed by atoms with Gasteiger partial charge in [0.2, 0.25) is 0 Å². The smallest absolute Gasteiger partial charge is 0.273 e. The SMILES string of the molecule is CC1SCCN(C(=O)c2csc(N)n2)C1C. The summed E-state index contributed by atoms with van der Waals surface area (Å²) in [5.41, 5.74) is 6.02. The molecular formula is C10H15N3OS2. The highest BCUT2D eigenvalue weighted by Gasteiger charge is 2.30. The van der Waals surface area contributed by atoms with Gasteiger partial charge in [0.25, 0.3) is 5.91 Å². The van der Waals surface area contributed by atoms with Gasteiger partial charge >= 0.3 is 0 Å². The minimum atomic E-state index is 0.00704. The predicted octanol–water partition coefficient (Wildman–Crippen LogP) is 1.69. The largest absolute Gasteiger partial charge is 0.375 e. The monoisotopic (exact) mass is 257 g/mol. The summed E-state index contributed by atoms with van der Waals surface area (Å²) in [6.45, 7) is 5.04. The molecule has 2 atom stereocenters. The molecule has 0 bridgehead atoms. The first-order chi connectivity index (χ1) is 7.59. The lowest BCUT2D eigenvalue weighted by Crippen LogP contribution is -2.48. The number of thiazole rings is 1. The molecule has 2 N–H and O–H groups in total. The second kappa shape index (κ2) is 4.63. The fourth-order valence-electron chi connectivity index (χ4n) is 1.75. The van der Waals surface area contributed by atoms with Crippen LogP contribution in [0.3, 0.4) is 0 Å². The highest BCUT2D eigenvalue weighted by molar-refractivity contribution is 8.00. The lowest BCUT2D eigenvalue weighted by atomic mass is 10.2. The Kier molecular flexibility index (Phi) is 3.39. The summed E-state index contributed by atoms with van der Waals surface area (Å²) in [4.78, 5) is 18.1. The van der Waals surface area contributed by atoms with E-state index in [2.05, 4.69) is 18.8 Å². The fraction of sp³-hybridized carbons (Fsp3) is 0.600. The Labute approximate surface area is 103 Å². The van der Waals surface area contributed by atoms with Gasteiger partial charge in [0.05, 0.1) is 0 Å². The summed E-state index contributed by atoms with van der Waals surface area (Å²) in [5, 5.41) is 2.67. The fourth-order valence-corrected chi connectivity index (χ4v) is 3.39. The summed E-state index contributed by atoms with van der Waals surface area (Å²) >= 11 is 3.22. The number of anilines is 1. The predicted molar refractivity (Wildman–Crippen MR) is 68.9 cm³/mol. The van der Waals surface area contributed by atoms with Crippen LogP contribution in [0.25, 0.3) is 0 Å². The first-order valence-electron chi connectivity index (χ1n) is 5.23. The minimum absolute atomic E-state index is 0.00704. The third kappa shape index (κ3) is 2.17. The summed E-state index contributed by atoms with van der Waals surface area (Å²) in [7, 11) is 0. The average Bonchev–Trinajstić information content (AvgIpc) is 2.68. The Morgan fingerprint density at radius 1 is 1.62 bits per heavy atom. The van der Waals surface area contributed by atoms with Crippen LogP contribution in [0.5, 0.6) is 0 Å². The minimum Gasteiger partial charge on any atom is -0.375 e. The lowest BCUT2D eigenvalue weighted by molar-refractivity contribution is 0.0693. The maximum Gasteiger partial charge on any atom is 0.273 e. The van der Waals surface area contributed by atoms with E-state index in [9.17, 15) is 4.79 Å². The molecule has 0 radical (unpaired) electrons. The molecule has 1 saturated heterocycles. The van der Waals surface area contributed by atoms with Crippen LogP contribution >= 0.6 is 23.1 Å². The van der Waals surface area contributed by atoms with Crippen LogP contribution in [-0.4, -0.2) is 39.4 Å². The zero-order valence-corrected chi connectivity index (χ0v) is 11.0. The highest BCUT2D eigenvalue weighted by Crippen LogP contribution is 2.26. The van der Waals surface area contributed by atoms with Crippen molar-refractivity contribution in [1.82, 2.24) is 9.88 Å². The van der Waals surface area contributed by atoms with Gasteiger partial charge in [-0.25, -0.2) is 4.98 Å². The van der Waals surface area contributed by atoms with E-state index in [4.69, 9.17) is 5.73 Å². The normalized spacial score (nSPS) is 25.8. The van der Waals surface area contributed by atoms with Crippen molar-refractivity contribution in [2.45, 2.75) is 25.1 Å². The molecule has 1 amide bonds. The third-order valence-electron chi connectivity index (χ3n) is 2.89. The molecular weight excluding hydrogens is 242 g/mol. The van der Waals surface area contributed by atoms with E-state index in [1.807, 2.05) is 16.7 Å². The quantitative estimate of drug-likeness (QED) is 0.832. The number of rotatable bonds is 1. The van der Waals surface area contributed by atoms with Crippen molar-refractivity contribution in [3.05, 3.63) is 11.1 Å². The van der Waals surface area contributed by atoms with Crippen LogP contribution in [0.4, 0.5) is 5.13 Å². The molecule has 0 saturated carbocycles. The van der Waals surface area contributed by atoms with Crippen LogP contribution in [0.1, 0.15) is 24.3 Å². The number of amides is 1. The van der Waals surface area contributed by atoms with Crippen molar-refractivity contribution in [3.8, 4) is 0 Å². The molecule has 1 aromatic rings. The number of aromatic nitrogens is 1. The zero-order chi connectivity index (χ0) is 11.7. The van der Waals surface area contributed by atoms with Gasteiger partial charge in [-0.3, -0.25) is 4.79 Å². The Morgan fingerprint density at radius 3 is 3.00 bits per heavy atom. The van der Waals surface area contributed by atoms with Crippen LogP contribution in [0.2, 0.25) is 0 Å². The molecule has 2 rings (SSSR count). The van der Waals surface area contributed by atoms with Crippen molar-refractivity contribution in [2.75, 3.05) is 18.0 Å². The molecule has 88 valence electrons. The van der Waals surface area contributed by atoms with Gasteiger partial charge < -0.3 is 10.6 Å². The number of hydrogen-bond donors (Lipinski definition) is 1. The van der Waals surface area contributed by atoms with E-state index in [1.54, 1.807) is 5.38 Å². The Bertz CT molecular complexity index is 393. The van der Waals surface area contributed by atoms with Crippen molar-refractivity contribution in [3.63, 3.8) is 0 Å². The van der Waals surface area contributed by atoms with Crippen LogP contribution in [-0.2, 0) is 0 Å². The Balaban J connectivity index is 2.15. The molecule has 1 aliphatic rings. The molecule has 0 spiro atoms. The van der Waals surface area contributed by atoms with E-state index in [-0.39, 0.29) is 11.9 Å². The number of carbonyl (C=O) groups is 1. The molecule has 0 aliphatic carbocycles. The van der Waals surface area contributed by atoms with Crippen molar-refractivity contribution in [2.24, 2.45) is 0 Å². The summed E-state index contributed by atoms with van der Waals surface area (Å²) < 4.78 is 0. The van der Waals surface area contributed by atoms with E-state index in [0.717, 1.165) is 12.3 Å². The number of nitrogens with two attached hydrogens (primary N) is 1. The zero-order valence-electron chi connectivity index (χ0n) is 9.34. The van der Waals surface area contributed by atoms with Gasteiger partial charge in [0.1, 0.15) is 5.69 Å². The molecule has 16 heavy (non-hydrogen) atoms. The highest BCUT2D eigenvalue weighted by atomic mass is 32.2. The average molecular weight is 257 g/mol. The van der Waals surface area contributed by atoms with Gasteiger partial charge in [-0.05, 0) is 6.92 Å². The van der Waals surface area contributed by atoms with E-state index >= 15 is 0 Å². The van der Waals surface area contributed by atoms with Gasteiger partial charge in [-0.1, -0.05) is 6.92 Å². The molecule has 2 unspecified atom stereocenters. The first kappa shape index (κ1) is 11.7. The molecule has 1 aromatic heterocycles. The Morgan fingerprint density at radius 2 is 2.38 bits per heavy atom. The van der Waals surface area contributed by atoms with E-state index < -0.39 is 0 Å². The van der Waals surface area contributed by atoms with Crippen LogP contribution < -0.4 is 5.73 Å². The van der Waals surface area contributed by atoms with Crippen molar-refractivity contribution in [1.29, 1.82) is 0 Å². The van der Waals surface area contributed by atoms with E-state index in [1.165, 1.54) is 11.3 Å². The number of thioether (sulfide) groups is 1. The second-order valence-electron chi connectivity index (χ2n) is 3.89. The Hall–Kier alpha value is -0.750. The third-order valence-corrected chi connectivity index (χ3v) is 4.90. The summed E-state index contributed by atoms with van der Waals surface area (Å²) in [6.07, 6.45) is 0. The van der Waals surface area contributed by atoms with Gasteiger partial charge in [-0.2, -0.15) is 11.8 Å². The molecule has 1 fully saturated rings. The standard InChI is InChI=1S/C10H15N3OS2/c1-6-7(2)15-4-3-13(6)9(14)8-5-16-10(11)12-8/h5-7H,3-4H2,1-2H3,(H2,11,12). The first-order valence-corrected chi connectivity index (χ1v) is 7.16. The molecule has 0 aromatic carbocycles. The van der Waals surface area contributed by atoms with Crippen molar-refractivity contribution < 1.29 is 4.79 Å². The van der Waals surface area contributed by atoms with Crippen LogP contribution in [0, 0.1) is 0 Å². The maximum atomic E-state index is 12.2. The number of nitrogens with zero attached hydrogens (tertiary/aromatic N) is 2. The van der Waals surface area contributed by atoms with E-state index in [0.29, 0.717) is 16.1 Å². The second-order valence-corrected chi connectivity index (χ2v) is 6.26. The molecule has 6 heteroatoms. The summed E-state index contributed by atoms with van der Waals surface area (Å²) in [5.74, 6) is 1.00. The van der Waals surface area contributed by atoms with Crippen LogP contribution in [0.15, 0.2) is 5.38 Å². The number of hydrogen-bond acceptors (Lipinski definition) is 5. The van der Waals surface area contributed by atoms with Gasteiger partial charge in [0, 0.05) is 29.0 Å². The molecule has 2 heterocycles. The topological polar surface area (TPSA) is 59.2 Å². The maximum absolute atomic E-state index is 12.2. The lowest BCUT2D eigenvalue weighted by Gasteiger charge is -2.37.